The summed E-state index contributed by atoms with van der Waals surface area (Å²) in [4.78, 5) is 11.6. The second-order valence-corrected chi connectivity index (χ2v) is 4.07. The van der Waals surface area contributed by atoms with Crippen LogP contribution in [-0.4, -0.2) is 12.6 Å². The van der Waals surface area contributed by atoms with Crippen LogP contribution < -0.4 is 0 Å². The van der Waals surface area contributed by atoms with Crippen molar-refractivity contribution in [3.05, 3.63) is 46.5 Å². The third-order valence-corrected chi connectivity index (χ3v) is 3.04. The molecule has 2 nitrogen and oxygen atoms in total. The Kier molecular flexibility index (Phi) is 3.09. The molecular weight excluding hydrogens is 200 g/mol. The van der Waals surface area contributed by atoms with E-state index in [1.807, 2.05) is 26.0 Å². The van der Waals surface area contributed by atoms with Crippen molar-refractivity contribution < 1.29 is 9.53 Å². The van der Waals surface area contributed by atoms with Crippen LogP contribution in [-0.2, 0) is 22.4 Å². The molecule has 0 bridgehead atoms. The molecule has 0 aliphatic heterocycles. The number of rotatable bonds is 2. The lowest BCUT2D eigenvalue weighted by molar-refractivity contribution is -0.138. The average molecular weight is 216 g/mol. The van der Waals surface area contributed by atoms with E-state index in [0.29, 0.717) is 6.61 Å². The molecule has 1 aliphatic carbocycles. The SMILES string of the molecule is CCOC(=O)C(C)=C1Cc2ccccc2C1. The summed E-state index contributed by atoms with van der Waals surface area (Å²) in [6.07, 6.45) is 1.78. The Morgan fingerprint density at radius 2 is 1.81 bits per heavy atom. The zero-order valence-corrected chi connectivity index (χ0v) is 9.75. The molecule has 0 unspecified atom stereocenters. The molecule has 0 fully saturated rings. The molecular formula is C14H16O2. The summed E-state index contributed by atoms with van der Waals surface area (Å²) in [6, 6.07) is 8.34. The fourth-order valence-corrected chi connectivity index (χ4v) is 2.07. The number of carbonyl (C=O) groups is 1. The third-order valence-electron chi connectivity index (χ3n) is 3.04. The van der Waals surface area contributed by atoms with Crippen LogP contribution in [0.15, 0.2) is 35.4 Å². The maximum absolute atomic E-state index is 11.6. The molecule has 1 aromatic rings. The zero-order valence-electron chi connectivity index (χ0n) is 9.75. The lowest BCUT2D eigenvalue weighted by Crippen LogP contribution is -2.08. The molecule has 0 saturated carbocycles. The van der Waals surface area contributed by atoms with Crippen molar-refractivity contribution in [2.45, 2.75) is 26.7 Å². The second-order valence-electron chi connectivity index (χ2n) is 4.07. The Morgan fingerprint density at radius 3 is 2.31 bits per heavy atom. The van der Waals surface area contributed by atoms with Crippen LogP contribution in [0.5, 0.6) is 0 Å². The van der Waals surface area contributed by atoms with Crippen molar-refractivity contribution in [1.29, 1.82) is 0 Å². The van der Waals surface area contributed by atoms with E-state index >= 15 is 0 Å². The van der Waals surface area contributed by atoms with E-state index in [-0.39, 0.29) is 5.97 Å². The molecule has 0 heterocycles. The predicted octanol–water partition coefficient (Wildman–Crippen LogP) is 2.66. The molecule has 0 N–H and O–H groups in total. The topological polar surface area (TPSA) is 26.3 Å². The van der Waals surface area contributed by atoms with Crippen LogP contribution >= 0.6 is 0 Å². The van der Waals surface area contributed by atoms with Crippen LogP contribution in [0.3, 0.4) is 0 Å². The highest BCUT2D eigenvalue weighted by Gasteiger charge is 2.19. The highest BCUT2D eigenvalue weighted by Crippen LogP contribution is 2.28. The molecule has 0 amide bonds. The summed E-state index contributed by atoms with van der Waals surface area (Å²) in [6.45, 7) is 4.13. The quantitative estimate of drug-likeness (QED) is 0.561. The first-order valence-corrected chi connectivity index (χ1v) is 5.65. The fourth-order valence-electron chi connectivity index (χ4n) is 2.07. The molecule has 84 valence electrons. The van der Waals surface area contributed by atoms with Gasteiger partial charge in [0.05, 0.1) is 6.61 Å². The maximum atomic E-state index is 11.6. The Morgan fingerprint density at radius 1 is 1.25 bits per heavy atom. The number of fused-ring (bicyclic) bond motifs is 1. The van der Waals surface area contributed by atoms with Gasteiger partial charge in [-0.2, -0.15) is 0 Å². The van der Waals surface area contributed by atoms with Crippen molar-refractivity contribution in [3.63, 3.8) is 0 Å². The largest absolute Gasteiger partial charge is 0.463 e. The second kappa shape index (κ2) is 4.52. The Labute approximate surface area is 95.9 Å². The highest BCUT2D eigenvalue weighted by atomic mass is 16.5. The Balaban J connectivity index is 2.21. The van der Waals surface area contributed by atoms with Crippen molar-refractivity contribution in [3.8, 4) is 0 Å². The number of esters is 1. The number of allylic oxidation sites excluding steroid dienone is 1. The van der Waals surface area contributed by atoms with Gasteiger partial charge in [0.2, 0.25) is 0 Å². The first kappa shape index (κ1) is 10.9. The predicted molar refractivity (Wildman–Crippen MR) is 63.2 cm³/mol. The molecule has 16 heavy (non-hydrogen) atoms. The highest BCUT2D eigenvalue weighted by molar-refractivity contribution is 5.89. The molecule has 2 heteroatoms. The molecule has 1 aliphatic rings. The number of hydrogen-bond acceptors (Lipinski definition) is 2. The molecule has 0 atom stereocenters. The van der Waals surface area contributed by atoms with Crippen LogP contribution in [0.1, 0.15) is 25.0 Å². The minimum atomic E-state index is -0.176. The molecule has 2 rings (SSSR count). The van der Waals surface area contributed by atoms with Crippen LogP contribution in [0.25, 0.3) is 0 Å². The third kappa shape index (κ3) is 2.01. The van der Waals surface area contributed by atoms with E-state index < -0.39 is 0 Å². The Bertz CT molecular complexity index is 417. The summed E-state index contributed by atoms with van der Waals surface area (Å²) >= 11 is 0. The number of hydrogen-bond donors (Lipinski definition) is 0. The van der Waals surface area contributed by atoms with Gasteiger partial charge in [-0.3, -0.25) is 0 Å². The van der Waals surface area contributed by atoms with Gasteiger partial charge in [0, 0.05) is 5.57 Å². The summed E-state index contributed by atoms with van der Waals surface area (Å²) in [7, 11) is 0. The van der Waals surface area contributed by atoms with E-state index in [1.165, 1.54) is 16.7 Å². The normalized spacial score (nSPS) is 13.5. The van der Waals surface area contributed by atoms with E-state index in [1.54, 1.807) is 0 Å². The van der Waals surface area contributed by atoms with Crippen molar-refractivity contribution >= 4 is 5.97 Å². The van der Waals surface area contributed by atoms with Crippen LogP contribution in [0.2, 0.25) is 0 Å². The fraction of sp³-hybridized carbons (Fsp3) is 0.357. The monoisotopic (exact) mass is 216 g/mol. The van der Waals surface area contributed by atoms with Crippen molar-refractivity contribution in [1.82, 2.24) is 0 Å². The molecule has 0 aromatic heterocycles. The average Bonchev–Trinajstić information content (AvgIpc) is 2.71. The van der Waals surface area contributed by atoms with Gasteiger partial charge in [0.1, 0.15) is 0 Å². The van der Waals surface area contributed by atoms with Crippen LogP contribution in [0, 0.1) is 0 Å². The molecule has 1 aromatic carbocycles. The lowest BCUT2D eigenvalue weighted by Gasteiger charge is -2.04. The summed E-state index contributed by atoms with van der Waals surface area (Å²) < 4.78 is 5.02. The van der Waals surface area contributed by atoms with Crippen molar-refractivity contribution in [2.24, 2.45) is 0 Å². The standard InChI is InChI=1S/C14H16O2/c1-3-16-14(15)10(2)13-8-11-6-4-5-7-12(11)9-13/h4-7H,3,8-9H2,1-2H3. The van der Waals surface area contributed by atoms with Gasteiger partial charge in [-0.25, -0.2) is 4.79 Å². The summed E-state index contributed by atoms with van der Waals surface area (Å²) in [5.41, 5.74) is 4.64. The van der Waals surface area contributed by atoms with Gasteiger partial charge in [0.25, 0.3) is 0 Å². The number of carbonyl (C=O) groups excluding carboxylic acids is 1. The van der Waals surface area contributed by atoms with E-state index in [0.717, 1.165) is 18.4 Å². The van der Waals surface area contributed by atoms with Gasteiger partial charge >= 0.3 is 5.97 Å². The molecule has 0 radical (unpaired) electrons. The van der Waals surface area contributed by atoms with Gasteiger partial charge < -0.3 is 4.74 Å². The minimum absolute atomic E-state index is 0.176. The van der Waals surface area contributed by atoms with Crippen LogP contribution in [0.4, 0.5) is 0 Å². The summed E-state index contributed by atoms with van der Waals surface area (Å²) in [5.74, 6) is -0.176. The first-order chi connectivity index (χ1) is 7.72. The maximum Gasteiger partial charge on any atom is 0.333 e. The van der Waals surface area contributed by atoms with Gasteiger partial charge in [-0.05, 0) is 37.8 Å². The zero-order chi connectivity index (χ0) is 11.5. The molecule has 0 spiro atoms. The van der Waals surface area contributed by atoms with Gasteiger partial charge in [0.15, 0.2) is 0 Å². The first-order valence-electron chi connectivity index (χ1n) is 5.65. The van der Waals surface area contributed by atoms with E-state index in [4.69, 9.17) is 4.74 Å². The molecule has 0 saturated heterocycles. The minimum Gasteiger partial charge on any atom is -0.463 e. The smallest absolute Gasteiger partial charge is 0.333 e. The van der Waals surface area contributed by atoms with E-state index in [9.17, 15) is 4.79 Å². The van der Waals surface area contributed by atoms with E-state index in [2.05, 4.69) is 12.1 Å². The summed E-state index contributed by atoms with van der Waals surface area (Å²) in [5, 5.41) is 0. The van der Waals surface area contributed by atoms with Crippen molar-refractivity contribution in [2.75, 3.05) is 6.61 Å². The number of ether oxygens (including phenoxy) is 1. The van der Waals surface area contributed by atoms with Gasteiger partial charge in [-0.1, -0.05) is 29.8 Å². The lowest BCUT2D eigenvalue weighted by atomic mass is 10.1. The van der Waals surface area contributed by atoms with Gasteiger partial charge in [-0.15, -0.1) is 0 Å². The Hall–Kier alpha value is -1.57. The number of benzene rings is 1.